The second-order valence-corrected chi connectivity index (χ2v) is 5.82. The van der Waals surface area contributed by atoms with Gasteiger partial charge in [0.1, 0.15) is 0 Å². The van der Waals surface area contributed by atoms with Crippen LogP contribution in [0, 0.1) is 0 Å². The maximum atomic E-state index is 12.3. The molecule has 3 rings (SSSR count). The number of hydrogen-bond acceptors (Lipinski definition) is 5. The minimum absolute atomic E-state index is 0.0767. The first-order chi connectivity index (χ1) is 9.43. The Balaban J connectivity index is 2.17. The third-order valence-electron chi connectivity index (χ3n) is 3.73. The van der Waals surface area contributed by atoms with Crippen LogP contribution in [0.2, 0.25) is 0 Å². The summed E-state index contributed by atoms with van der Waals surface area (Å²) in [5.41, 5.74) is 0.670. The monoisotopic (exact) mass is 292 g/mol. The summed E-state index contributed by atoms with van der Waals surface area (Å²) in [5, 5.41) is 1.77. The Morgan fingerprint density at radius 3 is 2.45 bits per heavy atom. The lowest BCUT2D eigenvalue weighted by Gasteiger charge is -2.29. The molecule has 0 aromatic carbocycles. The topological polar surface area (TPSA) is 74.8 Å². The first-order valence-electron chi connectivity index (χ1n) is 6.17. The second kappa shape index (κ2) is 4.24. The Hall–Kier alpha value is -2.02. The first kappa shape index (κ1) is 13.0. The number of thiophene rings is 1. The van der Waals surface area contributed by atoms with Crippen molar-refractivity contribution in [2.24, 2.45) is 0 Å². The van der Waals surface area contributed by atoms with Crippen LogP contribution in [0.15, 0.2) is 11.4 Å². The first-order valence-corrected chi connectivity index (χ1v) is 7.05. The molecule has 1 fully saturated rings. The molecule has 20 heavy (non-hydrogen) atoms. The van der Waals surface area contributed by atoms with E-state index in [4.69, 9.17) is 0 Å². The zero-order chi connectivity index (χ0) is 14.6. The maximum absolute atomic E-state index is 12.3. The van der Waals surface area contributed by atoms with Crippen LogP contribution in [0.1, 0.15) is 41.5 Å². The van der Waals surface area contributed by atoms with E-state index in [2.05, 4.69) is 0 Å². The molecular formula is C13H12N2O4S. The number of fused-ring (bicyclic) bond motifs is 3. The van der Waals surface area contributed by atoms with Crippen molar-refractivity contribution in [3.05, 3.63) is 21.9 Å². The van der Waals surface area contributed by atoms with E-state index < -0.39 is 29.9 Å². The lowest BCUT2D eigenvalue weighted by Crippen LogP contribution is -2.41. The van der Waals surface area contributed by atoms with Crippen LogP contribution >= 0.6 is 11.3 Å². The molecule has 4 amide bonds. The van der Waals surface area contributed by atoms with Crippen molar-refractivity contribution < 1.29 is 19.2 Å². The minimum Gasteiger partial charge on any atom is -0.293 e. The molecule has 0 spiro atoms. The summed E-state index contributed by atoms with van der Waals surface area (Å²) in [5.74, 6) is -0.943. The highest BCUT2D eigenvalue weighted by atomic mass is 32.1. The quantitative estimate of drug-likeness (QED) is 0.727. The predicted octanol–water partition coefficient (Wildman–Crippen LogP) is 1.57. The Kier molecular flexibility index (Phi) is 2.75. The van der Waals surface area contributed by atoms with E-state index in [1.54, 1.807) is 11.4 Å². The van der Waals surface area contributed by atoms with Gasteiger partial charge >= 0.3 is 6.03 Å². The Bertz CT molecular complexity index is 651. The molecule has 104 valence electrons. The highest BCUT2D eigenvalue weighted by Gasteiger charge is 2.54. The van der Waals surface area contributed by atoms with E-state index >= 15 is 0 Å². The normalized spacial score (nSPS) is 24.7. The number of carbonyl (C=O) groups is 4. The van der Waals surface area contributed by atoms with Gasteiger partial charge in [0, 0.05) is 20.3 Å². The molecule has 6 nitrogen and oxygen atoms in total. The highest BCUT2D eigenvalue weighted by Crippen LogP contribution is 2.44. The van der Waals surface area contributed by atoms with E-state index in [1.807, 2.05) is 0 Å². The lowest BCUT2D eigenvalue weighted by molar-refractivity contribution is -0.127. The van der Waals surface area contributed by atoms with Crippen molar-refractivity contribution in [1.29, 1.82) is 0 Å². The molecule has 0 radical (unpaired) electrons. The van der Waals surface area contributed by atoms with Crippen LogP contribution in [-0.4, -0.2) is 39.5 Å². The van der Waals surface area contributed by atoms with Crippen molar-refractivity contribution in [2.75, 3.05) is 0 Å². The largest absolute Gasteiger partial charge is 0.334 e. The molecule has 0 saturated carbocycles. The second-order valence-electron chi connectivity index (χ2n) is 4.91. The SMILES string of the molecule is CC(=O)N1C(=O)N(C(C)=O)[C@H]2c3ccsc3C(=O)C[C@H]21. The molecule has 1 aliphatic heterocycles. The molecule has 2 aliphatic rings. The van der Waals surface area contributed by atoms with Gasteiger partial charge in [-0.25, -0.2) is 4.79 Å². The minimum atomic E-state index is -0.633. The van der Waals surface area contributed by atoms with E-state index in [9.17, 15) is 19.2 Å². The average molecular weight is 292 g/mol. The van der Waals surface area contributed by atoms with E-state index in [0.29, 0.717) is 10.4 Å². The maximum Gasteiger partial charge on any atom is 0.334 e. The van der Waals surface area contributed by atoms with Gasteiger partial charge in [0.25, 0.3) is 0 Å². The van der Waals surface area contributed by atoms with Gasteiger partial charge in [0.05, 0.1) is 17.0 Å². The van der Waals surface area contributed by atoms with Gasteiger partial charge in [0.2, 0.25) is 11.8 Å². The zero-order valence-electron chi connectivity index (χ0n) is 11.0. The molecule has 7 heteroatoms. The van der Waals surface area contributed by atoms with Crippen molar-refractivity contribution >= 4 is 35.0 Å². The van der Waals surface area contributed by atoms with Gasteiger partial charge in [-0.05, 0) is 17.0 Å². The molecule has 0 N–H and O–H groups in total. The number of carbonyl (C=O) groups excluding carboxylic acids is 4. The van der Waals surface area contributed by atoms with E-state index in [1.165, 1.54) is 25.2 Å². The summed E-state index contributed by atoms with van der Waals surface area (Å²) in [6.45, 7) is 2.56. The fraction of sp³-hybridized carbons (Fsp3) is 0.385. The van der Waals surface area contributed by atoms with Gasteiger partial charge in [-0.2, -0.15) is 0 Å². The zero-order valence-corrected chi connectivity index (χ0v) is 11.8. The van der Waals surface area contributed by atoms with Gasteiger partial charge < -0.3 is 0 Å². The van der Waals surface area contributed by atoms with Crippen LogP contribution in [0.4, 0.5) is 4.79 Å². The summed E-state index contributed by atoms with van der Waals surface area (Å²) in [6.07, 6.45) is 0.0767. The third-order valence-corrected chi connectivity index (χ3v) is 4.70. The van der Waals surface area contributed by atoms with Gasteiger partial charge in [-0.3, -0.25) is 24.2 Å². The summed E-state index contributed by atoms with van der Waals surface area (Å²) >= 11 is 1.30. The molecule has 0 bridgehead atoms. The molecule has 1 aromatic rings. The van der Waals surface area contributed by atoms with Crippen LogP contribution in [0.3, 0.4) is 0 Å². The summed E-state index contributed by atoms with van der Waals surface area (Å²) in [4.78, 5) is 50.6. The van der Waals surface area contributed by atoms with E-state index in [0.717, 1.165) is 9.80 Å². The third kappa shape index (κ3) is 1.56. The van der Waals surface area contributed by atoms with Crippen molar-refractivity contribution in [2.45, 2.75) is 32.4 Å². The van der Waals surface area contributed by atoms with Gasteiger partial charge in [-0.15, -0.1) is 11.3 Å². The lowest BCUT2D eigenvalue weighted by atomic mass is 9.88. The summed E-state index contributed by atoms with van der Waals surface area (Å²) in [6, 6.07) is -0.00473. The highest BCUT2D eigenvalue weighted by molar-refractivity contribution is 7.12. The number of hydrogen-bond donors (Lipinski definition) is 0. The van der Waals surface area contributed by atoms with Crippen LogP contribution in [0.25, 0.3) is 0 Å². The molecule has 0 unspecified atom stereocenters. The molecule has 1 aliphatic carbocycles. The standard InChI is InChI=1S/C13H12N2O4S/c1-6(16)14-9-5-10(18)12-8(3-4-20-12)11(9)15(7(2)17)13(14)19/h3-4,9,11H,5H2,1-2H3/t9-,11+/m1/s1. The number of amides is 4. The number of nitrogens with zero attached hydrogens (tertiary/aromatic N) is 2. The number of ketones is 1. The smallest absolute Gasteiger partial charge is 0.293 e. The summed E-state index contributed by atoms with van der Waals surface area (Å²) < 4.78 is 0. The van der Waals surface area contributed by atoms with Gasteiger partial charge in [0.15, 0.2) is 5.78 Å². The van der Waals surface area contributed by atoms with Crippen LogP contribution in [-0.2, 0) is 9.59 Å². The molecular weight excluding hydrogens is 280 g/mol. The number of imide groups is 2. The number of urea groups is 1. The number of rotatable bonds is 0. The Morgan fingerprint density at radius 2 is 1.85 bits per heavy atom. The van der Waals surface area contributed by atoms with Crippen LogP contribution < -0.4 is 0 Å². The summed E-state index contributed by atoms with van der Waals surface area (Å²) in [7, 11) is 0. The van der Waals surface area contributed by atoms with Crippen LogP contribution in [0.5, 0.6) is 0 Å². The van der Waals surface area contributed by atoms with Crippen molar-refractivity contribution in [1.82, 2.24) is 9.80 Å². The predicted molar refractivity (Wildman–Crippen MR) is 70.2 cm³/mol. The molecule has 1 aromatic heterocycles. The molecule has 2 atom stereocenters. The molecule has 2 heterocycles. The average Bonchev–Trinajstić information content (AvgIpc) is 2.90. The molecule has 1 saturated heterocycles. The number of Topliss-reactive ketones (excluding diaryl/α,β-unsaturated/α-hetero) is 1. The van der Waals surface area contributed by atoms with Gasteiger partial charge in [-0.1, -0.05) is 0 Å². The Labute approximate surface area is 119 Å². The van der Waals surface area contributed by atoms with Crippen molar-refractivity contribution in [3.8, 4) is 0 Å². The Morgan fingerprint density at radius 1 is 1.20 bits per heavy atom. The van der Waals surface area contributed by atoms with Crippen molar-refractivity contribution in [3.63, 3.8) is 0 Å². The van der Waals surface area contributed by atoms with E-state index in [-0.39, 0.29) is 12.2 Å². The fourth-order valence-corrected chi connectivity index (χ4v) is 3.89. The fourth-order valence-electron chi connectivity index (χ4n) is 3.00.